The molecule has 2 N–H and O–H groups in total. The molecule has 2 amide bonds. The zero-order valence-electron chi connectivity index (χ0n) is 12.5. The van der Waals surface area contributed by atoms with Crippen LogP contribution in [-0.4, -0.2) is 48.4 Å². The molecule has 0 aliphatic rings. The molecule has 0 bridgehead atoms. The summed E-state index contributed by atoms with van der Waals surface area (Å²) in [7, 11) is 1.74. The summed E-state index contributed by atoms with van der Waals surface area (Å²) in [5, 5.41) is 5.89. The minimum Gasteiger partial charge on any atom is -0.350 e. The molecular weight excluding hydrogens is 230 g/mol. The predicted octanol–water partition coefficient (Wildman–Crippen LogP) is 0.748. The summed E-state index contributed by atoms with van der Waals surface area (Å²) in [6.07, 6.45) is 0.864. The Kier molecular flexibility index (Phi) is 6.91. The van der Waals surface area contributed by atoms with E-state index in [4.69, 9.17) is 0 Å². The van der Waals surface area contributed by atoms with E-state index in [2.05, 4.69) is 10.6 Å². The van der Waals surface area contributed by atoms with E-state index < -0.39 is 0 Å². The number of carbonyl (C=O) groups excluding carboxylic acids is 2. The van der Waals surface area contributed by atoms with Crippen LogP contribution in [0, 0.1) is 0 Å². The fourth-order valence-corrected chi connectivity index (χ4v) is 1.17. The summed E-state index contributed by atoms with van der Waals surface area (Å²) in [5.74, 6) is -0.0827. The molecule has 0 aliphatic heterocycles. The first kappa shape index (κ1) is 16.9. The van der Waals surface area contributed by atoms with Gasteiger partial charge in [0.1, 0.15) is 0 Å². The van der Waals surface area contributed by atoms with Gasteiger partial charge in [-0.2, -0.15) is 0 Å². The largest absolute Gasteiger partial charge is 0.350 e. The molecule has 0 aromatic rings. The van der Waals surface area contributed by atoms with Crippen molar-refractivity contribution >= 4 is 11.8 Å². The van der Waals surface area contributed by atoms with E-state index in [0.29, 0.717) is 6.54 Å². The maximum absolute atomic E-state index is 11.9. The third-order valence-corrected chi connectivity index (χ3v) is 3.20. The molecular formula is C13H27N3O2. The zero-order valence-corrected chi connectivity index (χ0v) is 12.5. The van der Waals surface area contributed by atoms with Gasteiger partial charge in [0.15, 0.2) is 0 Å². The third-order valence-electron chi connectivity index (χ3n) is 3.20. The van der Waals surface area contributed by atoms with Gasteiger partial charge in [0.25, 0.3) is 0 Å². The summed E-state index contributed by atoms with van der Waals surface area (Å²) in [4.78, 5) is 25.1. The number of hydrogen-bond donors (Lipinski definition) is 2. The Morgan fingerprint density at radius 1 is 1.28 bits per heavy atom. The van der Waals surface area contributed by atoms with Gasteiger partial charge in [0, 0.05) is 19.1 Å². The molecule has 0 aromatic heterocycles. The maximum Gasteiger partial charge on any atom is 0.237 e. The lowest BCUT2D eigenvalue weighted by atomic mass is 10.0. The van der Waals surface area contributed by atoms with Crippen molar-refractivity contribution in [2.75, 3.05) is 20.1 Å². The minimum atomic E-state index is -0.370. The van der Waals surface area contributed by atoms with Crippen LogP contribution in [0.4, 0.5) is 0 Å². The van der Waals surface area contributed by atoms with Gasteiger partial charge in [-0.3, -0.25) is 14.9 Å². The van der Waals surface area contributed by atoms with Gasteiger partial charge in [-0.15, -0.1) is 0 Å². The summed E-state index contributed by atoms with van der Waals surface area (Å²) in [5.41, 5.74) is -0.211. The molecule has 0 fully saturated rings. The van der Waals surface area contributed by atoms with E-state index in [1.54, 1.807) is 18.9 Å². The monoisotopic (exact) mass is 257 g/mol. The first-order chi connectivity index (χ1) is 8.23. The van der Waals surface area contributed by atoms with E-state index in [1.165, 1.54) is 0 Å². The quantitative estimate of drug-likeness (QED) is 0.707. The van der Waals surface area contributed by atoms with Crippen molar-refractivity contribution in [3.63, 3.8) is 0 Å². The van der Waals surface area contributed by atoms with Crippen LogP contribution >= 0.6 is 0 Å². The van der Waals surface area contributed by atoms with E-state index in [-0.39, 0.29) is 29.9 Å². The topological polar surface area (TPSA) is 61.4 Å². The Hall–Kier alpha value is -1.10. The molecule has 0 rings (SSSR count). The van der Waals surface area contributed by atoms with E-state index >= 15 is 0 Å². The number of carbonyl (C=O) groups is 2. The molecule has 1 unspecified atom stereocenters. The molecule has 18 heavy (non-hydrogen) atoms. The second-order valence-electron chi connectivity index (χ2n) is 5.24. The number of nitrogens with one attached hydrogen (secondary N) is 2. The van der Waals surface area contributed by atoms with Gasteiger partial charge in [-0.05, 0) is 34.1 Å². The molecule has 0 radical (unpaired) electrons. The number of likely N-dealkylation sites (N-methyl/N-ethyl adjacent to an activating group) is 1. The van der Waals surface area contributed by atoms with Gasteiger partial charge in [-0.25, -0.2) is 0 Å². The Morgan fingerprint density at radius 2 is 1.83 bits per heavy atom. The number of hydrogen-bond acceptors (Lipinski definition) is 3. The summed E-state index contributed by atoms with van der Waals surface area (Å²) in [6, 6.07) is -0.370. The van der Waals surface area contributed by atoms with E-state index in [9.17, 15) is 9.59 Å². The van der Waals surface area contributed by atoms with Crippen molar-refractivity contribution in [1.82, 2.24) is 15.5 Å². The van der Waals surface area contributed by atoms with Gasteiger partial charge in [-0.1, -0.05) is 6.92 Å². The lowest BCUT2D eigenvalue weighted by molar-refractivity contribution is -0.129. The average Bonchev–Trinajstić information content (AvgIpc) is 2.33. The predicted molar refractivity (Wildman–Crippen MR) is 73.3 cm³/mol. The Balaban J connectivity index is 4.14. The highest BCUT2D eigenvalue weighted by atomic mass is 16.2. The highest BCUT2D eigenvalue weighted by Gasteiger charge is 2.22. The highest BCUT2D eigenvalue weighted by Crippen LogP contribution is 2.06. The standard InChI is InChI=1S/C13H27N3O2/c1-7-13(4,5)15-12(18)10(3)14-9-11(17)16(6)8-2/h10,14H,7-9H2,1-6H3,(H,15,18). The first-order valence-corrected chi connectivity index (χ1v) is 6.52. The first-order valence-electron chi connectivity index (χ1n) is 6.52. The van der Waals surface area contributed by atoms with Crippen LogP contribution in [-0.2, 0) is 9.59 Å². The molecule has 0 spiro atoms. The van der Waals surface area contributed by atoms with Crippen LogP contribution in [0.15, 0.2) is 0 Å². The van der Waals surface area contributed by atoms with Crippen molar-refractivity contribution in [3.05, 3.63) is 0 Å². The minimum absolute atomic E-state index is 0.00750. The molecule has 0 saturated carbocycles. The summed E-state index contributed by atoms with van der Waals surface area (Å²) < 4.78 is 0. The fraction of sp³-hybridized carbons (Fsp3) is 0.846. The van der Waals surface area contributed by atoms with Gasteiger partial charge < -0.3 is 10.2 Å². The van der Waals surface area contributed by atoms with Crippen molar-refractivity contribution < 1.29 is 9.59 Å². The second-order valence-corrected chi connectivity index (χ2v) is 5.24. The van der Waals surface area contributed by atoms with Crippen LogP contribution in [0.1, 0.15) is 41.0 Å². The lowest BCUT2D eigenvalue weighted by Crippen LogP contribution is -2.52. The normalized spacial score (nSPS) is 13.0. The van der Waals surface area contributed by atoms with Crippen molar-refractivity contribution in [3.8, 4) is 0 Å². The Morgan fingerprint density at radius 3 is 2.28 bits per heavy atom. The third kappa shape index (κ3) is 6.00. The fourth-order valence-electron chi connectivity index (χ4n) is 1.17. The van der Waals surface area contributed by atoms with Gasteiger partial charge >= 0.3 is 0 Å². The van der Waals surface area contributed by atoms with Crippen LogP contribution < -0.4 is 10.6 Å². The highest BCUT2D eigenvalue weighted by molar-refractivity contribution is 5.83. The molecule has 1 atom stereocenters. The zero-order chi connectivity index (χ0) is 14.3. The molecule has 106 valence electrons. The van der Waals surface area contributed by atoms with Crippen molar-refractivity contribution in [2.24, 2.45) is 0 Å². The summed E-state index contributed by atoms with van der Waals surface area (Å²) in [6.45, 7) is 10.5. The Bertz CT molecular complexity index is 290. The second kappa shape index (κ2) is 7.36. The van der Waals surface area contributed by atoms with Gasteiger partial charge in [0.05, 0.1) is 12.6 Å². The molecule has 0 aromatic carbocycles. The SMILES string of the molecule is CCN(C)C(=O)CNC(C)C(=O)NC(C)(C)CC. The molecule has 5 heteroatoms. The molecule has 0 saturated heterocycles. The number of rotatable bonds is 7. The van der Waals surface area contributed by atoms with Crippen molar-refractivity contribution in [1.29, 1.82) is 0 Å². The average molecular weight is 257 g/mol. The smallest absolute Gasteiger partial charge is 0.237 e. The Labute approximate surface area is 110 Å². The van der Waals surface area contributed by atoms with Crippen LogP contribution in [0.2, 0.25) is 0 Å². The van der Waals surface area contributed by atoms with Crippen molar-refractivity contribution in [2.45, 2.75) is 52.6 Å². The van der Waals surface area contributed by atoms with E-state index in [0.717, 1.165) is 6.42 Å². The molecule has 0 heterocycles. The van der Waals surface area contributed by atoms with Crippen LogP contribution in [0.3, 0.4) is 0 Å². The van der Waals surface area contributed by atoms with Crippen LogP contribution in [0.5, 0.6) is 0 Å². The summed E-state index contributed by atoms with van der Waals surface area (Å²) >= 11 is 0. The molecule has 0 aliphatic carbocycles. The number of nitrogens with zero attached hydrogens (tertiary/aromatic N) is 1. The van der Waals surface area contributed by atoms with Gasteiger partial charge in [0.2, 0.25) is 11.8 Å². The lowest BCUT2D eigenvalue weighted by Gasteiger charge is -2.27. The van der Waals surface area contributed by atoms with E-state index in [1.807, 2.05) is 27.7 Å². The van der Waals surface area contributed by atoms with Crippen LogP contribution in [0.25, 0.3) is 0 Å². The molecule has 5 nitrogen and oxygen atoms in total. The number of amides is 2. The maximum atomic E-state index is 11.9.